The van der Waals surface area contributed by atoms with Crippen LogP contribution in [0.5, 0.6) is 5.75 Å². The number of anilines is 1. The van der Waals surface area contributed by atoms with E-state index in [1.807, 2.05) is 13.0 Å². The van der Waals surface area contributed by atoms with E-state index in [-0.39, 0.29) is 0 Å². The van der Waals surface area contributed by atoms with Crippen LogP contribution in [0.4, 0.5) is 5.82 Å². The molecular weight excluding hydrogens is 446 g/mol. The highest BCUT2D eigenvalue weighted by Crippen LogP contribution is 2.34. The zero-order valence-electron chi connectivity index (χ0n) is 19.1. The molecule has 0 saturated carbocycles. The third-order valence-corrected chi connectivity index (χ3v) is 6.79. The van der Waals surface area contributed by atoms with Gasteiger partial charge >= 0.3 is 0 Å². The van der Waals surface area contributed by atoms with Gasteiger partial charge in [0.1, 0.15) is 30.3 Å². The van der Waals surface area contributed by atoms with Crippen molar-refractivity contribution in [1.82, 2.24) is 19.9 Å². The van der Waals surface area contributed by atoms with Crippen molar-refractivity contribution in [1.29, 1.82) is 0 Å². The molecule has 7 heteroatoms. The van der Waals surface area contributed by atoms with E-state index in [1.54, 1.807) is 6.33 Å². The maximum Gasteiger partial charge on any atom is 0.140 e. The molecule has 170 valence electrons. The largest absolute Gasteiger partial charge is 0.491 e. The topological polar surface area (TPSA) is 66.9 Å². The molecule has 1 aliphatic rings. The number of benzene rings is 3. The Bertz CT molecular complexity index is 1540. The van der Waals surface area contributed by atoms with Crippen molar-refractivity contribution in [2.45, 2.75) is 26.8 Å². The highest BCUT2D eigenvalue weighted by atomic mass is 35.5. The van der Waals surface area contributed by atoms with Crippen molar-refractivity contribution in [2.24, 2.45) is 0 Å². The van der Waals surface area contributed by atoms with Gasteiger partial charge in [0.05, 0.1) is 23.1 Å². The SMILES string of the molecule is CCc1cc2c(N3CCOc4ccc(-c5ccc6nc(C)[nH]c6c5)cc4C3)ncnc2cc1Cl. The second-order valence-electron chi connectivity index (χ2n) is 8.66. The van der Waals surface area contributed by atoms with Gasteiger partial charge < -0.3 is 14.6 Å². The van der Waals surface area contributed by atoms with Gasteiger partial charge in [-0.2, -0.15) is 0 Å². The first-order valence-electron chi connectivity index (χ1n) is 11.5. The van der Waals surface area contributed by atoms with Crippen LogP contribution in [0.3, 0.4) is 0 Å². The molecule has 34 heavy (non-hydrogen) atoms. The van der Waals surface area contributed by atoms with E-state index >= 15 is 0 Å². The van der Waals surface area contributed by atoms with Crippen LogP contribution < -0.4 is 9.64 Å². The monoisotopic (exact) mass is 469 g/mol. The summed E-state index contributed by atoms with van der Waals surface area (Å²) in [4.78, 5) is 19.3. The van der Waals surface area contributed by atoms with Crippen molar-refractivity contribution in [3.63, 3.8) is 0 Å². The molecule has 2 aromatic heterocycles. The third-order valence-electron chi connectivity index (χ3n) is 6.44. The molecule has 6 rings (SSSR count). The molecule has 0 unspecified atom stereocenters. The Morgan fingerprint density at radius 3 is 2.76 bits per heavy atom. The fourth-order valence-electron chi connectivity index (χ4n) is 4.70. The number of imidazole rings is 1. The Hall–Kier alpha value is -3.64. The van der Waals surface area contributed by atoms with Gasteiger partial charge in [0.2, 0.25) is 0 Å². The van der Waals surface area contributed by atoms with Crippen molar-refractivity contribution in [3.05, 3.63) is 76.8 Å². The summed E-state index contributed by atoms with van der Waals surface area (Å²) >= 11 is 6.45. The first-order valence-corrected chi connectivity index (χ1v) is 11.9. The van der Waals surface area contributed by atoms with Crippen molar-refractivity contribution >= 4 is 39.4 Å². The molecule has 0 bridgehead atoms. The summed E-state index contributed by atoms with van der Waals surface area (Å²) in [5.74, 6) is 2.75. The van der Waals surface area contributed by atoms with Crippen LogP contribution in [0, 0.1) is 6.92 Å². The Morgan fingerprint density at radius 2 is 1.88 bits per heavy atom. The number of aromatic nitrogens is 4. The minimum Gasteiger partial charge on any atom is -0.491 e. The van der Waals surface area contributed by atoms with Crippen LogP contribution >= 0.6 is 11.6 Å². The number of nitrogens with zero attached hydrogens (tertiary/aromatic N) is 4. The number of fused-ring (bicyclic) bond motifs is 3. The fraction of sp³-hybridized carbons (Fsp3) is 0.222. The molecule has 1 N–H and O–H groups in total. The smallest absolute Gasteiger partial charge is 0.140 e. The van der Waals surface area contributed by atoms with Crippen LogP contribution in [0.25, 0.3) is 33.1 Å². The van der Waals surface area contributed by atoms with E-state index in [2.05, 4.69) is 74.2 Å². The van der Waals surface area contributed by atoms with Gasteiger partial charge in [0.15, 0.2) is 0 Å². The zero-order valence-corrected chi connectivity index (χ0v) is 19.9. The summed E-state index contributed by atoms with van der Waals surface area (Å²) in [5.41, 5.74) is 7.40. The average Bonchev–Trinajstić information content (AvgIpc) is 3.08. The summed E-state index contributed by atoms with van der Waals surface area (Å²) in [6.07, 6.45) is 2.48. The molecule has 0 amide bonds. The standard InChI is InChI=1S/C27H24ClN5O/c1-3-17-11-21-24(13-22(17)28)29-15-30-27(21)33-8-9-34-26-7-5-18(10-20(26)14-33)19-4-6-23-25(12-19)32-16(2)31-23/h4-7,10-13,15H,3,8-9,14H2,1-2H3,(H,31,32). The Balaban J connectivity index is 1.40. The lowest BCUT2D eigenvalue weighted by atomic mass is 10.0. The number of hydrogen-bond donors (Lipinski definition) is 1. The van der Waals surface area contributed by atoms with Gasteiger partial charge in [-0.15, -0.1) is 0 Å². The number of aromatic amines is 1. The highest BCUT2D eigenvalue weighted by molar-refractivity contribution is 6.32. The lowest BCUT2D eigenvalue weighted by molar-refractivity contribution is 0.331. The molecule has 0 atom stereocenters. The number of halogens is 1. The lowest BCUT2D eigenvalue weighted by Gasteiger charge is -2.22. The van der Waals surface area contributed by atoms with E-state index in [9.17, 15) is 0 Å². The van der Waals surface area contributed by atoms with E-state index in [0.29, 0.717) is 13.2 Å². The van der Waals surface area contributed by atoms with Gasteiger partial charge in [0, 0.05) is 22.5 Å². The molecule has 0 radical (unpaired) electrons. The number of hydrogen-bond acceptors (Lipinski definition) is 5. The third kappa shape index (κ3) is 3.64. The Morgan fingerprint density at radius 1 is 1.03 bits per heavy atom. The van der Waals surface area contributed by atoms with E-state index in [1.165, 1.54) is 0 Å². The minimum absolute atomic E-state index is 0.589. The average molecular weight is 470 g/mol. The molecule has 1 aliphatic heterocycles. The van der Waals surface area contributed by atoms with Crippen LogP contribution in [0.1, 0.15) is 23.9 Å². The van der Waals surface area contributed by atoms with Crippen molar-refractivity contribution < 1.29 is 4.74 Å². The molecule has 0 fully saturated rings. The normalized spacial score (nSPS) is 13.7. The predicted molar refractivity (Wildman–Crippen MR) is 137 cm³/mol. The van der Waals surface area contributed by atoms with Crippen molar-refractivity contribution in [3.8, 4) is 16.9 Å². The molecular formula is C27H24ClN5O. The Labute approximate surface area is 202 Å². The molecule has 3 heterocycles. The van der Waals surface area contributed by atoms with E-state index in [0.717, 1.165) is 79.6 Å². The number of rotatable bonds is 3. The van der Waals surface area contributed by atoms with Crippen LogP contribution in [0.15, 0.2) is 54.9 Å². The first kappa shape index (κ1) is 20.9. The van der Waals surface area contributed by atoms with Gasteiger partial charge in [-0.3, -0.25) is 0 Å². The van der Waals surface area contributed by atoms with Crippen LogP contribution in [0.2, 0.25) is 5.02 Å². The van der Waals surface area contributed by atoms with Crippen molar-refractivity contribution in [2.75, 3.05) is 18.1 Å². The molecule has 0 spiro atoms. The fourth-order valence-corrected chi connectivity index (χ4v) is 4.99. The van der Waals surface area contributed by atoms with Gasteiger partial charge in [-0.1, -0.05) is 30.7 Å². The summed E-state index contributed by atoms with van der Waals surface area (Å²) in [6.45, 7) is 6.11. The minimum atomic E-state index is 0.589. The van der Waals surface area contributed by atoms with Crippen LogP contribution in [-0.4, -0.2) is 33.1 Å². The number of nitrogens with one attached hydrogen (secondary N) is 1. The molecule has 0 saturated heterocycles. The maximum atomic E-state index is 6.45. The first-order chi connectivity index (χ1) is 16.6. The highest BCUT2D eigenvalue weighted by Gasteiger charge is 2.20. The van der Waals surface area contributed by atoms with E-state index < -0.39 is 0 Å². The van der Waals surface area contributed by atoms with Gasteiger partial charge in [0.25, 0.3) is 0 Å². The van der Waals surface area contributed by atoms with E-state index in [4.69, 9.17) is 16.3 Å². The summed E-state index contributed by atoms with van der Waals surface area (Å²) < 4.78 is 6.12. The summed E-state index contributed by atoms with van der Waals surface area (Å²) in [7, 11) is 0. The molecule has 0 aliphatic carbocycles. The molecule has 3 aromatic carbocycles. The second kappa shape index (κ2) is 8.29. The Kier molecular flexibility index (Phi) is 5.11. The predicted octanol–water partition coefficient (Wildman–Crippen LogP) is 6.10. The number of H-pyrrole nitrogens is 1. The summed E-state index contributed by atoms with van der Waals surface area (Å²) in [5, 5.41) is 1.77. The number of ether oxygens (including phenoxy) is 1. The van der Waals surface area contributed by atoms with Gasteiger partial charge in [-0.05, 0) is 66.4 Å². The molecule has 6 nitrogen and oxygen atoms in total. The van der Waals surface area contributed by atoms with Gasteiger partial charge in [-0.25, -0.2) is 15.0 Å². The second-order valence-corrected chi connectivity index (χ2v) is 9.07. The lowest BCUT2D eigenvalue weighted by Crippen LogP contribution is -2.26. The zero-order chi connectivity index (χ0) is 23.2. The number of aryl methyl sites for hydroxylation is 2. The maximum absolute atomic E-state index is 6.45. The molecule has 5 aromatic rings. The quantitative estimate of drug-likeness (QED) is 0.346. The summed E-state index contributed by atoms with van der Waals surface area (Å²) in [6, 6.07) is 16.8. The van der Waals surface area contributed by atoms with Crippen LogP contribution in [-0.2, 0) is 13.0 Å².